The number of benzene rings is 2. The van der Waals surface area contributed by atoms with E-state index in [1.54, 1.807) is 7.05 Å². The molecule has 0 aliphatic carbocycles. The summed E-state index contributed by atoms with van der Waals surface area (Å²) in [5.41, 5.74) is 14.1. The molecule has 2 amide bonds. The van der Waals surface area contributed by atoms with E-state index in [-0.39, 0.29) is 6.09 Å². The molecule has 5 N–H and O–H groups in total. The summed E-state index contributed by atoms with van der Waals surface area (Å²) < 4.78 is 5.26. The minimum atomic E-state index is -0.466. The van der Waals surface area contributed by atoms with E-state index in [2.05, 4.69) is 5.32 Å². The van der Waals surface area contributed by atoms with Gasteiger partial charge in [-0.1, -0.05) is 24.3 Å². The standard InChI is InChI=1S/C13H20N2O2.C8H10N2O/c1-13(2,3)17-12(16)15(4)9-10-5-7-11(14)8-6-10;9-8-3-1-2-7(4-8)5-10-6-11/h5-8H,9,14H2,1-4H3;1-4,6H,5,9H2,(H,10,11). The lowest BCUT2D eigenvalue weighted by atomic mass is 10.2. The SMILES string of the molecule is CN(Cc1ccc(N)cc1)C(=O)OC(C)(C)C.Nc1cccc(CNC=O)c1. The molecule has 7 heteroatoms. The average molecular weight is 386 g/mol. The van der Waals surface area contributed by atoms with Crippen LogP contribution in [0.4, 0.5) is 16.2 Å². The summed E-state index contributed by atoms with van der Waals surface area (Å²) >= 11 is 0. The molecule has 0 radical (unpaired) electrons. The highest BCUT2D eigenvalue weighted by Gasteiger charge is 2.19. The van der Waals surface area contributed by atoms with Gasteiger partial charge in [0.2, 0.25) is 6.41 Å². The van der Waals surface area contributed by atoms with Gasteiger partial charge in [-0.15, -0.1) is 0 Å². The molecule has 0 aromatic heterocycles. The fourth-order valence-corrected chi connectivity index (χ4v) is 2.16. The van der Waals surface area contributed by atoms with Gasteiger partial charge in [-0.2, -0.15) is 0 Å². The number of ether oxygens (including phenoxy) is 1. The van der Waals surface area contributed by atoms with Gasteiger partial charge in [0.05, 0.1) is 0 Å². The quantitative estimate of drug-likeness (QED) is 0.540. The van der Waals surface area contributed by atoms with Crippen molar-refractivity contribution in [3.8, 4) is 0 Å². The molecule has 7 nitrogen and oxygen atoms in total. The Morgan fingerprint density at radius 3 is 2.25 bits per heavy atom. The molecule has 0 atom stereocenters. The maximum atomic E-state index is 11.7. The predicted octanol–water partition coefficient (Wildman–Crippen LogP) is 3.15. The van der Waals surface area contributed by atoms with Crippen LogP contribution in [0.15, 0.2) is 48.5 Å². The molecule has 0 aliphatic heterocycles. The van der Waals surface area contributed by atoms with Crippen LogP contribution in [-0.2, 0) is 22.6 Å². The zero-order valence-corrected chi connectivity index (χ0v) is 16.9. The Kier molecular flexibility index (Phi) is 8.81. The highest BCUT2D eigenvalue weighted by atomic mass is 16.6. The van der Waals surface area contributed by atoms with E-state index in [9.17, 15) is 9.59 Å². The molecule has 0 fully saturated rings. The molecule has 0 bridgehead atoms. The van der Waals surface area contributed by atoms with Gasteiger partial charge in [0.25, 0.3) is 0 Å². The van der Waals surface area contributed by atoms with Crippen molar-refractivity contribution in [3.05, 3.63) is 59.7 Å². The number of nitrogens with two attached hydrogens (primary N) is 2. The normalized spacial score (nSPS) is 10.3. The predicted molar refractivity (Wildman–Crippen MR) is 112 cm³/mol. The second kappa shape index (κ2) is 10.8. The number of nitrogens with zero attached hydrogens (tertiary/aromatic N) is 1. The van der Waals surface area contributed by atoms with Gasteiger partial charge in [-0.05, 0) is 56.2 Å². The second-order valence-electron chi connectivity index (χ2n) is 7.32. The van der Waals surface area contributed by atoms with Crippen LogP contribution in [0.2, 0.25) is 0 Å². The third kappa shape index (κ3) is 9.47. The zero-order valence-electron chi connectivity index (χ0n) is 16.9. The summed E-state index contributed by atoms with van der Waals surface area (Å²) in [6.07, 6.45) is 0.345. The number of nitrogens with one attached hydrogen (secondary N) is 1. The molecule has 2 aromatic rings. The molecule has 2 rings (SSSR count). The molecular weight excluding hydrogens is 356 g/mol. The highest BCUT2D eigenvalue weighted by molar-refractivity contribution is 5.67. The number of carbonyl (C=O) groups is 2. The average Bonchev–Trinajstić information content (AvgIpc) is 2.61. The molecule has 0 heterocycles. The minimum absolute atomic E-state index is 0.325. The summed E-state index contributed by atoms with van der Waals surface area (Å²) in [4.78, 5) is 23.2. The van der Waals surface area contributed by atoms with E-state index in [4.69, 9.17) is 16.2 Å². The molecule has 2 aromatic carbocycles. The van der Waals surface area contributed by atoms with Gasteiger partial charge < -0.3 is 26.4 Å². The largest absolute Gasteiger partial charge is 0.444 e. The Balaban J connectivity index is 0.000000307. The van der Waals surface area contributed by atoms with Crippen LogP contribution in [0, 0.1) is 0 Å². The summed E-state index contributed by atoms with van der Waals surface area (Å²) in [7, 11) is 1.71. The Morgan fingerprint density at radius 2 is 1.71 bits per heavy atom. The lowest BCUT2D eigenvalue weighted by Crippen LogP contribution is -2.33. The van der Waals surface area contributed by atoms with Crippen molar-refractivity contribution in [2.75, 3.05) is 18.5 Å². The van der Waals surface area contributed by atoms with E-state index >= 15 is 0 Å². The first-order valence-electron chi connectivity index (χ1n) is 8.90. The lowest BCUT2D eigenvalue weighted by Gasteiger charge is -2.24. The number of anilines is 2. The van der Waals surface area contributed by atoms with Crippen molar-refractivity contribution in [2.45, 2.75) is 39.5 Å². The van der Waals surface area contributed by atoms with Crippen LogP contribution < -0.4 is 16.8 Å². The van der Waals surface area contributed by atoms with Crippen LogP contribution in [-0.4, -0.2) is 30.1 Å². The topological polar surface area (TPSA) is 111 Å². The smallest absolute Gasteiger partial charge is 0.410 e. The van der Waals surface area contributed by atoms with Crippen LogP contribution in [0.25, 0.3) is 0 Å². The van der Waals surface area contributed by atoms with Crippen molar-refractivity contribution in [2.24, 2.45) is 0 Å². The second-order valence-corrected chi connectivity index (χ2v) is 7.32. The van der Waals surface area contributed by atoms with E-state index in [1.165, 1.54) is 4.90 Å². The molecule has 0 saturated heterocycles. The Hall–Kier alpha value is -3.22. The number of amides is 2. The molecule has 28 heavy (non-hydrogen) atoms. The van der Waals surface area contributed by atoms with Crippen molar-refractivity contribution < 1.29 is 14.3 Å². The van der Waals surface area contributed by atoms with Gasteiger partial charge in [-0.3, -0.25) is 4.79 Å². The summed E-state index contributed by atoms with van der Waals surface area (Å²) in [6.45, 7) is 6.59. The first-order chi connectivity index (χ1) is 13.1. The van der Waals surface area contributed by atoms with Crippen molar-refractivity contribution in [1.82, 2.24) is 10.2 Å². The molecule has 0 spiro atoms. The number of rotatable bonds is 5. The molecule has 0 aliphatic rings. The fourth-order valence-electron chi connectivity index (χ4n) is 2.16. The Bertz CT molecular complexity index is 755. The number of carbonyl (C=O) groups excluding carboxylic acids is 2. The summed E-state index contributed by atoms with van der Waals surface area (Å²) in [5, 5.41) is 2.56. The Morgan fingerprint density at radius 1 is 1.07 bits per heavy atom. The van der Waals surface area contributed by atoms with Crippen LogP contribution in [0.5, 0.6) is 0 Å². The van der Waals surface area contributed by atoms with Gasteiger partial charge >= 0.3 is 6.09 Å². The molecule has 0 saturated carbocycles. The molecule has 0 unspecified atom stereocenters. The molecular formula is C21H30N4O3. The van der Waals surface area contributed by atoms with Crippen molar-refractivity contribution >= 4 is 23.9 Å². The summed E-state index contributed by atoms with van der Waals surface area (Å²) in [6, 6.07) is 14.8. The van der Waals surface area contributed by atoms with Crippen molar-refractivity contribution in [3.63, 3.8) is 0 Å². The van der Waals surface area contributed by atoms with Gasteiger partial charge in [0.1, 0.15) is 5.60 Å². The first kappa shape index (κ1) is 22.8. The molecule has 152 valence electrons. The van der Waals surface area contributed by atoms with Gasteiger partial charge in [0.15, 0.2) is 0 Å². The van der Waals surface area contributed by atoms with Crippen LogP contribution in [0.3, 0.4) is 0 Å². The summed E-state index contributed by atoms with van der Waals surface area (Å²) in [5.74, 6) is 0. The monoisotopic (exact) mass is 386 g/mol. The fraction of sp³-hybridized carbons (Fsp3) is 0.333. The highest BCUT2D eigenvalue weighted by Crippen LogP contribution is 2.12. The van der Waals surface area contributed by atoms with Gasteiger partial charge in [0, 0.05) is 31.5 Å². The number of hydrogen-bond donors (Lipinski definition) is 3. The zero-order chi connectivity index (χ0) is 21.2. The number of hydrogen-bond acceptors (Lipinski definition) is 5. The van der Waals surface area contributed by atoms with E-state index in [1.807, 2.05) is 69.3 Å². The third-order valence-electron chi connectivity index (χ3n) is 3.45. The lowest BCUT2D eigenvalue weighted by molar-refractivity contribution is -0.109. The maximum Gasteiger partial charge on any atom is 0.410 e. The Labute approximate surface area is 166 Å². The first-order valence-corrected chi connectivity index (χ1v) is 8.90. The number of nitrogen functional groups attached to an aromatic ring is 2. The van der Waals surface area contributed by atoms with Gasteiger partial charge in [-0.25, -0.2) is 4.79 Å². The third-order valence-corrected chi connectivity index (χ3v) is 3.45. The minimum Gasteiger partial charge on any atom is -0.444 e. The van der Waals surface area contributed by atoms with Crippen LogP contribution in [0.1, 0.15) is 31.9 Å². The van der Waals surface area contributed by atoms with E-state index in [0.717, 1.165) is 16.8 Å². The maximum absolute atomic E-state index is 11.7. The van der Waals surface area contributed by atoms with Crippen LogP contribution >= 0.6 is 0 Å². The van der Waals surface area contributed by atoms with E-state index in [0.29, 0.717) is 25.2 Å². The van der Waals surface area contributed by atoms with Crippen molar-refractivity contribution in [1.29, 1.82) is 0 Å². The van der Waals surface area contributed by atoms with E-state index < -0.39 is 5.60 Å².